The molecule has 1 aromatic heterocycles. The van der Waals surface area contributed by atoms with Gasteiger partial charge in [-0.1, -0.05) is 26.0 Å². The molecule has 0 aliphatic rings. The maximum Gasteiger partial charge on any atom is 0.238 e. The third-order valence-corrected chi connectivity index (χ3v) is 4.62. The molecule has 7 heteroatoms. The Morgan fingerprint density at radius 1 is 1.17 bits per heavy atom. The molecule has 1 heterocycles. The van der Waals surface area contributed by atoms with Crippen molar-refractivity contribution in [2.24, 2.45) is 11.1 Å². The summed E-state index contributed by atoms with van der Waals surface area (Å²) in [6, 6.07) is 6.52. The minimum Gasteiger partial charge on any atom is -0.350 e. The summed E-state index contributed by atoms with van der Waals surface area (Å²) in [5.41, 5.74) is 3.92. The Morgan fingerprint density at radius 3 is 2.33 bits per heavy atom. The Balaban J connectivity index is 2.15. The maximum absolute atomic E-state index is 11.4. The fourth-order valence-electron chi connectivity index (χ4n) is 2.54. The predicted molar refractivity (Wildman–Crippen MR) is 95.2 cm³/mol. The fourth-order valence-corrected chi connectivity index (χ4v) is 3.12. The molecule has 2 rings (SSSR count). The number of nitrogens with zero attached hydrogens (tertiary/aromatic N) is 2. The molecule has 0 bridgehead atoms. The van der Waals surface area contributed by atoms with Crippen molar-refractivity contribution in [1.29, 1.82) is 0 Å². The summed E-state index contributed by atoms with van der Waals surface area (Å²) >= 11 is 0. The number of nitrogens with two attached hydrogens (primary N) is 1. The van der Waals surface area contributed by atoms with Gasteiger partial charge in [-0.05, 0) is 49.4 Å². The fraction of sp³-hybridized carbons (Fsp3) is 0.412. The quantitative estimate of drug-likeness (QED) is 0.836. The van der Waals surface area contributed by atoms with E-state index in [4.69, 9.17) is 5.14 Å². The third kappa shape index (κ3) is 4.75. The summed E-state index contributed by atoms with van der Waals surface area (Å²) in [5, 5.41) is 8.30. The first-order chi connectivity index (χ1) is 11.2. The zero-order valence-corrected chi connectivity index (χ0v) is 15.3. The molecule has 0 fully saturated rings. The zero-order chi connectivity index (χ0) is 17.9. The highest BCUT2D eigenvalue weighted by Gasteiger charge is 2.11. The Morgan fingerprint density at radius 2 is 1.79 bits per heavy atom. The lowest BCUT2D eigenvalue weighted by Gasteiger charge is -2.13. The number of primary sulfonamides is 1. The van der Waals surface area contributed by atoms with Gasteiger partial charge in [0.25, 0.3) is 0 Å². The molecule has 0 unspecified atom stereocenters. The van der Waals surface area contributed by atoms with E-state index in [0.717, 1.165) is 23.4 Å². The molecule has 0 radical (unpaired) electrons. The first-order valence-electron chi connectivity index (χ1n) is 7.86. The first kappa shape index (κ1) is 18.4. The smallest absolute Gasteiger partial charge is 0.238 e. The Hall–Kier alpha value is -1.99. The molecular weight excluding hydrogens is 324 g/mol. The number of nitrogens with one attached hydrogen (secondary N) is 1. The zero-order valence-electron chi connectivity index (χ0n) is 14.5. The summed E-state index contributed by atoms with van der Waals surface area (Å²) in [7, 11) is -3.70. The average molecular weight is 348 g/mol. The molecule has 0 spiro atoms. The van der Waals surface area contributed by atoms with Crippen molar-refractivity contribution in [3.8, 4) is 0 Å². The average Bonchev–Trinajstić information content (AvgIpc) is 2.48. The van der Waals surface area contributed by atoms with Crippen molar-refractivity contribution < 1.29 is 8.42 Å². The standard InChI is InChI=1S/C17H24N4O2S/c1-11(2)8-16-12(3)20-17(21-13(16)4)19-10-14-6-5-7-15(9-14)24(18,22)23/h5-7,9,11H,8,10H2,1-4H3,(H2,18,22,23)(H,19,20,21). The molecular formula is C17H24N4O2S. The van der Waals surface area contributed by atoms with E-state index < -0.39 is 10.0 Å². The number of hydrogen-bond acceptors (Lipinski definition) is 5. The highest BCUT2D eigenvalue weighted by Crippen LogP contribution is 2.17. The highest BCUT2D eigenvalue weighted by molar-refractivity contribution is 7.89. The number of sulfonamides is 1. The summed E-state index contributed by atoms with van der Waals surface area (Å²) in [6.07, 6.45) is 0.953. The Bertz CT molecular complexity index is 809. The van der Waals surface area contributed by atoms with Crippen molar-refractivity contribution >= 4 is 16.0 Å². The largest absolute Gasteiger partial charge is 0.350 e. The second-order valence-corrected chi connectivity index (χ2v) is 7.90. The number of aryl methyl sites for hydroxylation is 2. The van der Waals surface area contributed by atoms with Crippen LogP contribution in [0.3, 0.4) is 0 Å². The summed E-state index contributed by atoms with van der Waals surface area (Å²) in [6.45, 7) is 8.73. The van der Waals surface area contributed by atoms with Gasteiger partial charge in [-0.15, -0.1) is 0 Å². The van der Waals surface area contributed by atoms with Gasteiger partial charge < -0.3 is 5.32 Å². The van der Waals surface area contributed by atoms with Crippen molar-refractivity contribution in [3.05, 3.63) is 46.8 Å². The molecule has 1 aromatic carbocycles. The summed E-state index contributed by atoms with van der Waals surface area (Å²) < 4.78 is 22.8. The molecule has 3 N–H and O–H groups in total. The summed E-state index contributed by atoms with van der Waals surface area (Å²) in [5.74, 6) is 1.09. The Labute approximate surface area is 143 Å². The number of aromatic nitrogens is 2. The van der Waals surface area contributed by atoms with Crippen molar-refractivity contribution in [2.75, 3.05) is 5.32 Å². The molecule has 6 nitrogen and oxygen atoms in total. The molecule has 24 heavy (non-hydrogen) atoms. The van der Waals surface area contributed by atoms with E-state index >= 15 is 0 Å². The van der Waals surface area contributed by atoms with Gasteiger partial charge in [0.15, 0.2) is 0 Å². The normalized spacial score (nSPS) is 11.8. The van der Waals surface area contributed by atoms with Crippen LogP contribution in [0.1, 0.15) is 36.4 Å². The second-order valence-electron chi connectivity index (χ2n) is 6.34. The number of hydrogen-bond donors (Lipinski definition) is 2. The van der Waals surface area contributed by atoms with Gasteiger partial charge in [0.05, 0.1) is 4.90 Å². The third-order valence-electron chi connectivity index (χ3n) is 3.71. The van der Waals surface area contributed by atoms with Gasteiger partial charge in [-0.25, -0.2) is 23.5 Å². The van der Waals surface area contributed by atoms with Gasteiger partial charge >= 0.3 is 0 Å². The molecule has 0 saturated heterocycles. The molecule has 130 valence electrons. The minimum absolute atomic E-state index is 0.0994. The van der Waals surface area contributed by atoms with Crippen molar-refractivity contribution in [2.45, 2.75) is 45.6 Å². The molecule has 0 saturated carbocycles. The van der Waals surface area contributed by atoms with Crippen molar-refractivity contribution in [1.82, 2.24) is 9.97 Å². The predicted octanol–water partition coefficient (Wildman–Crippen LogP) is 2.55. The van der Waals surface area contributed by atoms with Gasteiger partial charge in [-0.2, -0.15) is 0 Å². The van der Waals surface area contributed by atoms with E-state index in [1.54, 1.807) is 12.1 Å². The van der Waals surface area contributed by atoms with E-state index in [1.165, 1.54) is 11.6 Å². The Kier molecular flexibility index (Phi) is 5.56. The van der Waals surface area contributed by atoms with E-state index in [2.05, 4.69) is 29.1 Å². The van der Waals surface area contributed by atoms with Gasteiger partial charge in [0.1, 0.15) is 0 Å². The minimum atomic E-state index is -3.70. The second kappa shape index (κ2) is 7.27. The lowest BCUT2D eigenvalue weighted by molar-refractivity contribution is 0.597. The number of benzene rings is 1. The van der Waals surface area contributed by atoms with E-state index in [0.29, 0.717) is 18.4 Å². The molecule has 0 amide bonds. The van der Waals surface area contributed by atoms with Crippen LogP contribution < -0.4 is 10.5 Å². The van der Waals surface area contributed by atoms with E-state index in [-0.39, 0.29) is 4.90 Å². The monoisotopic (exact) mass is 348 g/mol. The van der Waals surface area contributed by atoms with Crippen molar-refractivity contribution in [3.63, 3.8) is 0 Å². The van der Waals surface area contributed by atoms with Crippen LogP contribution in [0.2, 0.25) is 0 Å². The topological polar surface area (TPSA) is 98.0 Å². The molecule has 0 atom stereocenters. The SMILES string of the molecule is Cc1nc(NCc2cccc(S(N)(=O)=O)c2)nc(C)c1CC(C)C. The van der Waals surface area contributed by atoms with Crippen LogP contribution >= 0.6 is 0 Å². The highest BCUT2D eigenvalue weighted by atomic mass is 32.2. The maximum atomic E-state index is 11.4. The van der Waals surface area contributed by atoms with E-state index in [1.807, 2.05) is 19.9 Å². The summed E-state index contributed by atoms with van der Waals surface area (Å²) in [4.78, 5) is 9.12. The van der Waals surface area contributed by atoms with Crippen LogP contribution in [0.5, 0.6) is 0 Å². The van der Waals surface area contributed by atoms with Crippen LogP contribution in [0, 0.1) is 19.8 Å². The lowest BCUT2D eigenvalue weighted by atomic mass is 10.0. The van der Waals surface area contributed by atoms with Gasteiger partial charge in [-0.3, -0.25) is 0 Å². The van der Waals surface area contributed by atoms with Crippen LogP contribution in [0.15, 0.2) is 29.2 Å². The molecule has 0 aliphatic heterocycles. The number of anilines is 1. The first-order valence-corrected chi connectivity index (χ1v) is 9.41. The van der Waals surface area contributed by atoms with Gasteiger partial charge in [0, 0.05) is 17.9 Å². The number of rotatable bonds is 6. The van der Waals surface area contributed by atoms with Crippen LogP contribution in [0.25, 0.3) is 0 Å². The molecule has 0 aliphatic carbocycles. The molecule has 2 aromatic rings. The van der Waals surface area contributed by atoms with Crippen LogP contribution in [-0.2, 0) is 23.0 Å². The van der Waals surface area contributed by atoms with Gasteiger partial charge in [0.2, 0.25) is 16.0 Å². The van der Waals surface area contributed by atoms with E-state index in [9.17, 15) is 8.42 Å². The lowest BCUT2D eigenvalue weighted by Crippen LogP contribution is -2.13. The van der Waals surface area contributed by atoms with Crippen LogP contribution in [0.4, 0.5) is 5.95 Å². The van der Waals surface area contributed by atoms with Crippen LogP contribution in [-0.4, -0.2) is 18.4 Å².